The number of carbonyl (C=O) groups excluding carboxylic acids is 7. The highest BCUT2D eigenvalue weighted by Crippen LogP contribution is 2.23. The monoisotopic (exact) mass is 924 g/mol. The number of amides is 6. The van der Waals surface area contributed by atoms with Gasteiger partial charge in [-0.25, -0.2) is 0 Å². The summed E-state index contributed by atoms with van der Waals surface area (Å²) in [5.74, 6) is -3.87. The molecular weight excluding hydrogens is 859 g/mol. The van der Waals surface area contributed by atoms with Gasteiger partial charge < -0.3 is 42.4 Å². The zero-order valence-corrected chi connectivity index (χ0v) is 37.0. The molecule has 58 heavy (non-hydrogen) atoms. The van der Waals surface area contributed by atoms with E-state index in [-0.39, 0.29) is 61.5 Å². The summed E-state index contributed by atoms with van der Waals surface area (Å²) in [5.41, 5.74) is 6.09. The number of nitrogens with zero attached hydrogens (tertiary/aromatic N) is 1. The zero-order valence-electron chi connectivity index (χ0n) is 34.9. The number of ether oxygens (including phenoxy) is 1. The van der Waals surface area contributed by atoms with Crippen molar-refractivity contribution in [3.63, 3.8) is 0 Å². The third-order valence-electron chi connectivity index (χ3n) is 10.7. The van der Waals surface area contributed by atoms with Gasteiger partial charge >= 0.3 is 5.97 Å². The summed E-state index contributed by atoms with van der Waals surface area (Å²) in [4.78, 5) is 93.6. The number of benzene rings is 1. The second kappa shape index (κ2) is 24.3. The molecule has 0 aliphatic carbocycles. The first-order valence-electron chi connectivity index (χ1n) is 20.6. The molecule has 2 aliphatic rings. The molecule has 7 atom stereocenters. The molecule has 6 amide bonds. The lowest BCUT2D eigenvalue weighted by Crippen LogP contribution is -2.61. The van der Waals surface area contributed by atoms with E-state index in [1.54, 1.807) is 0 Å². The van der Waals surface area contributed by atoms with E-state index < -0.39 is 59.9 Å². The molecule has 0 saturated carbocycles. The predicted molar refractivity (Wildman–Crippen MR) is 227 cm³/mol. The Morgan fingerprint density at radius 3 is 2.26 bits per heavy atom. The molecule has 17 heteroatoms. The molecule has 16 nitrogen and oxygen atoms in total. The average Bonchev–Trinajstić information content (AvgIpc) is 3.88. The van der Waals surface area contributed by atoms with Gasteiger partial charge in [0.1, 0.15) is 18.2 Å². The van der Waals surface area contributed by atoms with Gasteiger partial charge in [0.15, 0.2) is 0 Å². The van der Waals surface area contributed by atoms with Crippen molar-refractivity contribution in [2.24, 2.45) is 23.5 Å². The average molecular weight is 925 g/mol. The number of esters is 1. The molecule has 8 N–H and O–H groups in total. The lowest BCUT2D eigenvalue weighted by Gasteiger charge is -2.35. The lowest BCUT2D eigenvalue weighted by molar-refractivity contribution is -0.154. The van der Waals surface area contributed by atoms with Crippen LogP contribution in [0.5, 0.6) is 0 Å². The van der Waals surface area contributed by atoms with Crippen molar-refractivity contribution in [1.29, 1.82) is 0 Å². The molecule has 1 aromatic carbocycles. The molecule has 2 saturated heterocycles. The Balaban J connectivity index is 1.85. The molecule has 324 valence electrons. The number of rotatable bonds is 23. The minimum atomic E-state index is -0.980. The molecule has 0 spiro atoms. The highest BCUT2D eigenvalue weighted by atomic mass is 127. The summed E-state index contributed by atoms with van der Waals surface area (Å²) in [6, 6.07) is 4.37. The van der Waals surface area contributed by atoms with Gasteiger partial charge in [-0.1, -0.05) is 60.1 Å². The van der Waals surface area contributed by atoms with Gasteiger partial charge in [0.25, 0.3) is 0 Å². The van der Waals surface area contributed by atoms with Crippen LogP contribution in [0.15, 0.2) is 24.3 Å². The van der Waals surface area contributed by atoms with E-state index in [0.29, 0.717) is 38.8 Å². The van der Waals surface area contributed by atoms with E-state index in [1.165, 1.54) is 0 Å². The van der Waals surface area contributed by atoms with Gasteiger partial charge in [-0.15, -0.1) is 0 Å². The topological polar surface area (TPSA) is 230 Å². The molecule has 0 bridgehead atoms. The molecule has 0 aromatic heterocycles. The SMILES string of the molecule is CC[C@H](C)[C@H](NC(=O)[C@@H](NC(=O)[C@@H]1CCCN1)C(C)C)C(=O)N[C@@H](CC(C)C)[C@@H](CN1CCC[C@H]1C(=O)NCc1cccc(I)c1)OC(=O)CCC(=O)NCC(N)=O. The van der Waals surface area contributed by atoms with Gasteiger partial charge in [-0.3, -0.25) is 38.5 Å². The summed E-state index contributed by atoms with van der Waals surface area (Å²) in [5, 5.41) is 17.5. The van der Waals surface area contributed by atoms with E-state index in [2.05, 4.69) is 54.5 Å². The van der Waals surface area contributed by atoms with Crippen LogP contribution in [0.1, 0.15) is 98.5 Å². The Morgan fingerprint density at radius 1 is 0.914 bits per heavy atom. The van der Waals surface area contributed by atoms with Crippen LogP contribution < -0.4 is 37.6 Å². The zero-order chi connectivity index (χ0) is 42.9. The van der Waals surface area contributed by atoms with Crippen LogP contribution in [-0.2, 0) is 44.8 Å². The van der Waals surface area contributed by atoms with Crippen molar-refractivity contribution in [3.8, 4) is 0 Å². The number of halogens is 1. The van der Waals surface area contributed by atoms with Crippen LogP contribution in [-0.4, -0.2) is 109 Å². The first kappa shape index (κ1) is 48.5. The number of primary amides is 1. The maximum atomic E-state index is 14.3. The maximum Gasteiger partial charge on any atom is 0.306 e. The van der Waals surface area contributed by atoms with Crippen LogP contribution in [0, 0.1) is 21.3 Å². The van der Waals surface area contributed by atoms with Gasteiger partial charge in [-0.05, 0) is 103 Å². The Morgan fingerprint density at radius 2 is 1.64 bits per heavy atom. The fraction of sp³-hybridized carbons (Fsp3) is 0.683. The van der Waals surface area contributed by atoms with Crippen molar-refractivity contribution >= 4 is 64.0 Å². The second-order valence-corrected chi connectivity index (χ2v) is 17.5. The van der Waals surface area contributed by atoms with Gasteiger partial charge in [-0.2, -0.15) is 0 Å². The highest BCUT2D eigenvalue weighted by molar-refractivity contribution is 14.1. The standard InChI is InChI=1S/C41H65IN8O8/c1-7-26(6)37(49-40(56)36(25(4)5)48-38(54)29-13-9-17-44-29)41(57)47-30(19-24(2)3)32(58-35(53)16-15-34(52)45-22-33(43)51)23-50-18-10-14-31(50)39(55)46-21-27-11-8-12-28(42)20-27/h8,11-12,20,24-26,29-32,36-37,44H,7,9-10,13-19,21-23H2,1-6H3,(H2,43,51)(H,45,52)(H,46,55)(H,47,57)(H,48,54)(H,49,56)/t26-,29-,30-,31-,32+,36-,37-/m0/s1. The van der Waals surface area contributed by atoms with Gasteiger partial charge in [0, 0.05) is 23.1 Å². The number of likely N-dealkylation sites (tertiary alicyclic amines) is 1. The van der Waals surface area contributed by atoms with Crippen LogP contribution in [0.3, 0.4) is 0 Å². The summed E-state index contributed by atoms with van der Waals surface area (Å²) < 4.78 is 7.15. The quantitative estimate of drug-likeness (QED) is 0.0620. The number of carbonyl (C=O) groups is 7. The number of hydrogen-bond acceptors (Lipinski definition) is 10. The van der Waals surface area contributed by atoms with Crippen LogP contribution in [0.2, 0.25) is 0 Å². The van der Waals surface area contributed by atoms with Crippen molar-refractivity contribution in [2.75, 3.05) is 26.2 Å². The fourth-order valence-electron chi connectivity index (χ4n) is 7.22. The summed E-state index contributed by atoms with van der Waals surface area (Å²) >= 11 is 2.22. The van der Waals surface area contributed by atoms with Crippen molar-refractivity contribution < 1.29 is 38.3 Å². The van der Waals surface area contributed by atoms with Gasteiger partial charge in [0.05, 0.1) is 31.1 Å². The molecule has 1 aromatic rings. The molecule has 3 rings (SSSR count). The second-order valence-electron chi connectivity index (χ2n) is 16.3. The first-order chi connectivity index (χ1) is 27.5. The van der Waals surface area contributed by atoms with Crippen LogP contribution >= 0.6 is 22.6 Å². The summed E-state index contributed by atoms with van der Waals surface area (Å²) in [6.45, 7) is 12.8. The minimum absolute atomic E-state index is 0.0267. The third kappa shape index (κ3) is 16.1. The Bertz CT molecular complexity index is 1570. The lowest BCUT2D eigenvalue weighted by atomic mass is 9.94. The van der Waals surface area contributed by atoms with Crippen LogP contribution in [0.4, 0.5) is 0 Å². The smallest absolute Gasteiger partial charge is 0.306 e. The molecular formula is C41H65IN8O8. The Kier molecular flexibility index (Phi) is 20.3. The van der Waals surface area contributed by atoms with E-state index in [1.807, 2.05) is 70.7 Å². The Hall–Kier alpha value is -3.84. The van der Waals surface area contributed by atoms with Gasteiger partial charge in [0.2, 0.25) is 35.4 Å². The molecule has 2 heterocycles. The van der Waals surface area contributed by atoms with E-state index >= 15 is 0 Å². The summed E-state index contributed by atoms with van der Waals surface area (Å²) in [7, 11) is 0. The molecule has 2 aliphatic heterocycles. The molecule has 2 fully saturated rings. The highest BCUT2D eigenvalue weighted by Gasteiger charge is 2.39. The summed E-state index contributed by atoms with van der Waals surface area (Å²) in [6.07, 6.45) is 2.33. The predicted octanol–water partition coefficient (Wildman–Crippen LogP) is 1.62. The normalized spacial score (nSPS) is 19.4. The number of nitrogens with one attached hydrogen (secondary N) is 6. The first-order valence-corrected chi connectivity index (χ1v) is 21.7. The van der Waals surface area contributed by atoms with Crippen molar-refractivity contribution in [3.05, 3.63) is 33.4 Å². The van der Waals surface area contributed by atoms with E-state index in [4.69, 9.17) is 10.5 Å². The minimum Gasteiger partial charge on any atom is -0.459 e. The van der Waals surface area contributed by atoms with E-state index in [0.717, 1.165) is 28.5 Å². The maximum absolute atomic E-state index is 14.3. The number of hydrogen-bond donors (Lipinski definition) is 7. The molecule has 0 unspecified atom stereocenters. The Labute approximate surface area is 356 Å². The fourth-order valence-corrected chi connectivity index (χ4v) is 7.82. The van der Waals surface area contributed by atoms with Crippen LogP contribution in [0.25, 0.3) is 0 Å². The number of nitrogens with two attached hydrogens (primary N) is 1. The third-order valence-corrected chi connectivity index (χ3v) is 11.3. The molecule has 0 radical (unpaired) electrons. The van der Waals surface area contributed by atoms with Crippen molar-refractivity contribution in [2.45, 2.75) is 136 Å². The largest absolute Gasteiger partial charge is 0.459 e. The van der Waals surface area contributed by atoms with E-state index in [9.17, 15) is 33.6 Å². The van der Waals surface area contributed by atoms with Crippen molar-refractivity contribution in [1.82, 2.24) is 36.8 Å².